The third-order valence-corrected chi connectivity index (χ3v) is 4.58. The number of hydrogen-bond acceptors (Lipinski definition) is 5. The third-order valence-electron chi connectivity index (χ3n) is 4.58. The second-order valence-corrected chi connectivity index (χ2v) is 6.67. The molecule has 0 unspecified atom stereocenters. The van der Waals surface area contributed by atoms with Gasteiger partial charge in [0.2, 0.25) is 0 Å². The van der Waals surface area contributed by atoms with Gasteiger partial charge in [0.1, 0.15) is 11.9 Å². The molecule has 0 saturated heterocycles. The predicted octanol–water partition coefficient (Wildman–Crippen LogP) is 3.04. The van der Waals surface area contributed by atoms with Crippen LogP contribution < -0.4 is 10.1 Å². The molecule has 1 atom stereocenters. The monoisotopic (exact) mass is 352 g/mol. The maximum Gasteiger partial charge on any atom is 0.306 e. The standard InChI is InChI=1S/C20H20N2O4/c23-18-12-25-17-8-4-13(11-16(17)22-18)5-9-19(24)26-20(14-6-7-14)15-3-1-2-10-21-15/h1-4,8,10-11,14,20H,5-7,9,12H2,(H,22,23)/t20-/m0/s1. The minimum atomic E-state index is -0.250. The first-order valence-corrected chi connectivity index (χ1v) is 8.85. The van der Waals surface area contributed by atoms with Gasteiger partial charge in [-0.3, -0.25) is 14.6 Å². The summed E-state index contributed by atoms with van der Waals surface area (Å²) in [5, 5.41) is 2.78. The fourth-order valence-electron chi connectivity index (χ4n) is 3.07. The van der Waals surface area contributed by atoms with Gasteiger partial charge in [-0.05, 0) is 49.1 Å². The summed E-state index contributed by atoms with van der Waals surface area (Å²) in [6.07, 6.45) is 4.44. The molecule has 0 radical (unpaired) electrons. The molecule has 0 spiro atoms. The van der Waals surface area contributed by atoms with Gasteiger partial charge in [0.15, 0.2) is 6.61 Å². The summed E-state index contributed by atoms with van der Waals surface area (Å²) >= 11 is 0. The molecule has 1 fully saturated rings. The lowest BCUT2D eigenvalue weighted by Crippen LogP contribution is -2.25. The van der Waals surface area contributed by atoms with E-state index in [4.69, 9.17) is 9.47 Å². The number of nitrogens with one attached hydrogen (secondary N) is 1. The summed E-state index contributed by atoms with van der Waals surface area (Å²) in [6.45, 7) is 0.0365. The van der Waals surface area contributed by atoms with Crippen molar-refractivity contribution in [3.63, 3.8) is 0 Å². The van der Waals surface area contributed by atoms with Gasteiger partial charge < -0.3 is 14.8 Å². The fraction of sp³-hybridized carbons (Fsp3) is 0.350. The van der Waals surface area contributed by atoms with Crippen LogP contribution in [0.2, 0.25) is 0 Å². The van der Waals surface area contributed by atoms with E-state index in [1.54, 1.807) is 6.20 Å². The molecule has 0 bridgehead atoms. The van der Waals surface area contributed by atoms with Crippen LogP contribution >= 0.6 is 0 Å². The third kappa shape index (κ3) is 3.85. The Bertz CT molecular complexity index is 818. The Morgan fingerprint density at radius 1 is 1.31 bits per heavy atom. The second kappa shape index (κ2) is 7.15. The van der Waals surface area contributed by atoms with E-state index in [9.17, 15) is 9.59 Å². The number of esters is 1. The van der Waals surface area contributed by atoms with Crippen molar-refractivity contribution in [2.24, 2.45) is 5.92 Å². The number of benzene rings is 1. The summed E-state index contributed by atoms with van der Waals surface area (Å²) in [6, 6.07) is 11.2. The van der Waals surface area contributed by atoms with Crippen LogP contribution in [0.5, 0.6) is 5.75 Å². The van der Waals surface area contributed by atoms with Gasteiger partial charge in [-0.15, -0.1) is 0 Å². The van der Waals surface area contributed by atoms with Gasteiger partial charge in [-0.25, -0.2) is 0 Å². The Morgan fingerprint density at radius 2 is 2.19 bits per heavy atom. The SMILES string of the molecule is O=C1COc2ccc(CCC(=O)O[C@H](c3ccccn3)C3CC3)cc2N1. The van der Waals surface area contributed by atoms with Gasteiger partial charge in [0.25, 0.3) is 5.91 Å². The van der Waals surface area contributed by atoms with Crippen LogP contribution in [0.15, 0.2) is 42.6 Å². The molecule has 1 aliphatic carbocycles. The van der Waals surface area contributed by atoms with Crippen molar-refractivity contribution in [2.45, 2.75) is 31.8 Å². The van der Waals surface area contributed by atoms with Crippen molar-refractivity contribution in [3.8, 4) is 5.75 Å². The molecular formula is C20H20N2O4. The lowest BCUT2D eigenvalue weighted by molar-refractivity contribution is -0.150. The minimum Gasteiger partial charge on any atom is -0.482 e. The first kappa shape index (κ1) is 16.6. The number of rotatable bonds is 6. The van der Waals surface area contributed by atoms with E-state index in [0.717, 1.165) is 24.1 Å². The van der Waals surface area contributed by atoms with Crippen LogP contribution in [0.4, 0.5) is 5.69 Å². The van der Waals surface area contributed by atoms with E-state index in [1.165, 1.54) is 0 Å². The van der Waals surface area contributed by atoms with Gasteiger partial charge in [-0.2, -0.15) is 0 Å². The normalized spacial score (nSPS) is 16.8. The van der Waals surface area contributed by atoms with Crippen LogP contribution in [0.25, 0.3) is 0 Å². The Kier molecular flexibility index (Phi) is 4.56. The summed E-state index contributed by atoms with van der Waals surface area (Å²) in [4.78, 5) is 28.1. The highest BCUT2D eigenvalue weighted by Gasteiger charge is 2.36. The van der Waals surface area contributed by atoms with E-state index in [-0.39, 0.29) is 31.0 Å². The number of amides is 1. The van der Waals surface area contributed by atoms with E-state index in [2.05, 4.69) is 10.3 Å². The van der Waals surface area contributed by atoms with Crippen molar-refractivity contribution < 1.29 is 19.1 Å². The zero-order valence-electron chi connectivity index (χ0n) is 14.3. The van der Waals surface area contributed by atoms with Gasteiger partial charge >= 0.3 is 5.97 Å². The molecule has 1 aromatic heterocycles. The van der Waals surface area contributed by atoms with Crippen molar-refractivity contribution in [1.29, 1.82) is 0 Å². The van der Waals surface area contributed by atoms with Crippen molar-refractivity contribution >= 4 is 17.6 Å². The highest BCUT2D eigenvalue weighted by atomic mass is 16.5. The van der Waals surface area contributed by atoms with E-state index >= 15 is 0 Å². The number of hydrogen-bond donors (Lipinski definition) is 1. The molecule has 4 rings (SSSR count). The van der Waals surface area contributed by atoms with Crippen LogP contribution in [0.3, 0.4) is 0 Å². The fourth-order valence-corrected chi connectivity index (χ4v) is 3.07. The molecular weight excluding hydrogens is 332 g/mol. The van der Waals surface area contributed by atoms with Crippen LogP contribution in [-0.4, -0.2) is 23.5 Å². The Hall–Kier alpha value is -2.89. The second-order valence-electron chi connectivity index (χ2n) is 6.67. The number of nitrogens with zero attached hydrogens (tertiary/aromatic N) is 1. The number of ether oxygens (including phenoxy) is 2. The lowest BCUT2D eigenvalue weighted by Gasteiger charge is -2.19. The molecule has 2 heterocycles. The molecule has 26 heavy (non-hydrogen) atoms. The van der Waals surface area contributed by atoms with E-state index < -0.39 is 0 Å². The Labute approximate surface area is 151 Å². The molecule has 1 N–H and O–H groups in total. The molecule has 1 aliphatic heterocycles. The zero-order chi connectivity index (χ0) is 17.9. The number of aryl methyl sites for hydroxylation is 1. The number of anilines is 1. The molecule has 2 aromatic rings. The molecule has 1 aromatic carbocycles. The average molecular weight is 352 g/mol. The van der Waals surface area contributed by atoms with Crippen LogP contribution in [0.1, 0.15) is 36.6 Å². The summed E-state index contributed by atoms with van der Waals surface area (Å²) < 4.78 is 11.1. The Morgan fingerprint density at radius 3 is 2.96 bits per heavy atom. The Balaban J connectivity index is 1.36. The number of aromatic nitrogens is 1. The van der Waals surface area contributed by atoms with Crippen molar-refractivity contribution in [3.05, 3.63) is 53.9 Å². The first-order chi connectivity index (χ1) is 12.7. The molecule has 1 saturated carbocycles. The topological polar surface area (TPSA) is 77.5 Å². The smallest absolute Gasteiger partial charge is 0.306 e. The molecule has 1 amide bonds. The van der Waals surface area contributed by atoms with Crippen LogP contribution in [-0.2, 0) is 20.7 Å². The summed E-state index contributed by atoms with van der Waals surface area (Å²) in [5.41, 5.74) is 2.42. The van der Waals surface area contributed by atoms with Gasteiger partial charge in [0.05, 0.1) is 11.4 Å². The van der Waals surface area contributed by atoms with Gasteiger partial charge in [0, 0.05) is 18.5 Å². The quantitative estimate of drug-likeness (QED) is 0.809. The molecule has 2 aliphatic rings. The number of carbonyl (C=O) groups excluding carboxylic acids is 2. The highest BCUT2D eigenvalue weighted by molar-refractivity contribution is 5.95. The van der Waals surface area contributed by atoms with E-state index in [1.807, 2.05) is 36.4 Å². The maximum atomic E-state index is 12.3. The molecule has 6 nitrogen and oxygen atoms in total. The van der Waals surface area contributed by atoms with Crippen LogP contribution in [0, 0.1) is 5.92 Å². The summed E-state index contributed by atoms with van der Waals surface area (Å²) in [5.74, 6) is 0.632. The lowest BCUT2D eigenvalue weighted by atomic mass is 10.1. The molecule has 134 valence electrons. The largest absolute Gasteiger partial charge is 0.482 e. The van der Waals surface area contributed by atoms with E-state index in [0.29, 0.717) is 23.8 Å². The number of carbonyl (C=O) groups is 2. The highest BCUT2D eigenvalue weighted by Crippen LogP contribution is 2.42. The van der Waals surface area contributed by atoms with Crippen molar-refractivity contribution in [2.75, 3.05) is 11.9 Å². The summed E-state index contributed by atoms with van der Waals surface area (Å²) in [7, 11) is 0. The average Bonchev–Trinajstić information content (AvgIpc) is 3.50. The maximum absolute atomic E-state index is 12.3. The number of pyridine rings is 1. The van der Waals surface area contributed by atoms with Crippen molar-refractivity contribution in [1.82, 2.24) is 4.98 Å². The van der Waals surface area contributed by atoms with Gasteiger partial charge in [-0.1, -0.05) is 12.1 Å². The first-order valence-electron chi connectivity index (χ1n) is 8.85. The zero-order valence-corrected chi connectivity index (χ0v) is 14.3. The minimum absolute atomic E-state index is 0.0365. The predicted molar refractivity (Wildman–Crippen MR) is 94.7 cm³/mol. The number of fused-ring (bicyclic) bond motifs is 1. The molecule has 6 heteroatoms.